The van der Waals surface area contributed by atoms with E-state index in [-0.39, 0.29) is 0 Å². The average Bonchev–Trinajstić information content (AvgIpc) is 2.52. The standard InChI is InChI=1S/C8H7ClN4/c9-6-2-1-4-11-8(6)13-7(10)3-5-12-13/h1-5H,10H2. The van der Waals surface area contributed by atoms with Gasteiger partial charge in [0.15, 0.2) is 5.82 Å². The SMILES string of the molecule is Nc1ccnn1-c1ncccc1Cl. The zero-order chi connectivity index (χ0) is 9.26. The van der Waals surface area contributed by atoms with Gasteiger partial charge >= 0.3 is 0 Å². The summed E-state index contributed by atoms with van der Waals surface area (Å²) in [5.74, 6) is 1.06. The molecular weight excluding hydrogens is 188 g/mol. The Balaban J connectivity index is 2.59. The summed E-state index contributed by atoms with van der Waals surface area (Å²) >= 11 is 5.91. The summed E-state index contributed by atoms with van der Waals surface area (Å²) in [5, 5.41) is 4.52. The molecule has 66 valence electrons. The fraction of sp³-hybridized carbons (Fsp3) is 0. The van der Waals surface area contributed by atoms with Gasteiger partial charge in [-0.05, 0) is 12.1 Å². The van der Waals surface area contributed by atoms with Gasteiger partial charge in [0.25, 0.3) is 0 Å². The number of anilines is 1. The Hall–Kier alpha value is -1.55. The van der Waals surface area contributed by atoms with Crippen molar-refractivity contribution in [1.82, 2.24) is 14.8 Å². The normalized spacial score (nSPS) is 10.2. The number of hydrogen-bond donors (Lipinski definition) is 1. The molecule has 2 aromatic rings. The number of halogens is 1. The molecule has 5 heteroatoms. The van der Waals surface area contributed by atoms with Crippen LogP contribution in [0.15, 0.2) is 30.6 Å². The minimum Gasteiger partial charge on any atom is -0.384 e. The Morgan fingerprint density at radius 3 is 2.77 bits per heavy atom. The summed E-state index contributed by atoms with van der Waals surface area (Å²) in [4.78, 5) is 4.07. The molecule has 0 aromatic carbocycles. The van der Waals surface area contributed by atoms with E-state index < -0.39 is 0 Å². The van der Waals surface area contributed by atoms with Crippen LogP contribution in [-0.2, 0) is 0 Å². The number of rotatable bonds is 1. The van der Waals surface area contributed by atoms with Crippen LogP contribution in [0.4, 0.5) is 5.82 Å². The van der Waals surface area contributed by atoms with Crippen LogP contribution in [0.1, 0.15) is 0 Å². The molecule has 0 aliphatic heterocycles. The third kappa shape index (κ3) is 1.36. The second-order valence-electron chi connectivity index (χ2n) is 2.48. The lowest BCUT2D eigenvalue weighted by molar-refractivity contribution is 0.857. The van der Waals surface area contributed by atoms with Crippen LogP contribution >= 0.6 is 11.6 Å². The highest BCUT2D eigenvalue weighted by Crippen LogP contribution is 2.18. The van der Waals surface area contributed by atoms with E-state index in [2.05, 4.69) is 10.1 Å². The van der Waals surface area contributed by atoms with E-state index in [9.17, 15) is 0 Å². The van der Waals surface area contributed by atoms with Crippen molar-refractivity contribution in [3.8, 4) is 5.82 Å². The predicted octanol–water partition coefficient (Wildman–Crippen LogP) is 1.50. The monoisotopic (exact) mass is 194 g/mol. The topological polar surface area (TPSA) is 56.7 Å². The maximum Gasteiger partial charge on any atom is 0.174 e. The van der Waals surface area contributed by atoms with E-state index in [1.54, 1.807) is 30.6 Å². The minimum absolute atomic E-state index is 0.514. The number of nitrogens with two attached hydrogens (primary N) is 1. The van der Waals surface area contributed by atoms with Crippen molar-refractivity contribution < 1.29 is 0 Å². The Morgan fingerprint density at radius 1 is 1.31 bits per heavy atom. The van der Waals surface area contributed by atoms with E-state index in [0.717, 1.165) is 0 Å². The molecule has 0 aliphatic carbocycles. The summed E-state index contributed by atoms with van der Waals surface area (Å²) in [7, 11) is 0. The van der Waals surface area contributed by atoms with E-state index in [1.807, 2.05) is 0 Å². The highest BCUT2D eigenvalue weighted by Gasteiger charge is 2.05. The number of nitrogens with zero attached hydrogens (tertiary/aromatic N) is 3. The maximum atomic E-state index is 5.91. The second kappa shape index (κ2) is 3.06. The van der Waals surface area contributed by atoms with Gasteiger partial charge in [0.2, 0.25) is 0 Å². The molecule has 0 fully saturated rings. The van der Waals surface area contributed by atoms with Crippen molar-refractivity contribution >= 4 is 17.4 Å². The van der Waals surface area contributed by atoms with Crippen LogP contribution in [0.2, 0.25) is 5.02 Å². The zero-order valence-electron chi connectivity index (χ0n) is 6.68. The first kappa shape index (κ1) is 8.07. The van der Waals surface area contributed by atoms with Gasteiger partial charge in [-0.3, -0.25) is 0 Å². The molecule has 0 atom stereocenters. The van der Waals surface area contributed by atoms with E-state index >= 15 is 0 Å². The first-order chi connectivity index (χ1) is 6.29. The van der Waals surface area contributed by atoms with Gasteiger partial charge in [0, 0.05) is 12.3 Å². The first-order valence-corrected chi connectivity index (χ1v) is 4.07. The lowest BCUT2D eigenvalue weighted by Gasteiger charge is -2.03. The largest absolute Gasteiger partial charge is 0.384 e. The highest BCUT2D eigenvalue weighted by atomic mass is 35.5. The van der Waals surface area contributed by atoms with Crippen molar-refractivity contribution in [2.24, 2.45) is 0 Å². The predicted molar refractivity (Wildman–Crippen MR) is 50.8 cm³/mol. The number of nitrogen functional groups attached to an aromatic ring is 1. The van der Waals surface area contributed by atoms with Crippen molar-refractivity contribution in [2.45, 2.75) is 0 Å². The van der Waals surface area contributed by atoms with Crippen LogP contribution in [0.5, 0.6) is 0 Å². The minimum atomic E-state index is 0.514. The van der Waals surface area contributed by atoms with Gasteiger partial charge in [-0.25, -0.2) is 4.98 Å². The fourth-order valence-corrected chi connectivity index (χ4v) is 1.23. The van der Waals surface area contributed by atoms with Crippen LogP contribution < -0.4 is 5.73 Å². The smallest absolute Gasteiger partial charge is 0.174 e. The average molecular weight is 195 g/mol. The Kier molecular flexibility index (Phi) is 1.90. The van der Waals surface area contributed by atoms with Gasteiger partial charge in [-0.15, -0.1) is 0 Å². The van der Waals surface area contributed by atoms with Gasteiger partial charge in [0.1, 0.15) is 5.82 Å². The first-order valence-electron chi connectivity index (χ1n) is 3.69. The van der Waals surface area contributed by atoms with Crippen molar-refractivity contribution in [2.75, 3.05) is 5.73 Å². The van der Waals surface area contributed by atoms with Crippen molar-refractivity contribution in [1.29, 1.82) is 0 Å². The van der Waals surface area contributed by atoms with Gasteiger partial charge in [-0.2, -0.15) is 9.78 Å². The Labute approximate surface area is 80.0 Å². The summed E-state index contributed by atoms with van der Waals surface area (Å²) < 4.78 is 1.49. The van der Waals surface area contributed by atoms with Gasteiger partial charge in [0.05, 0.1) is 11.2 Å². The quantitative estimate of drug-likeness (QED) is 0.749. The number of pyridine rings is 1. The summed E-state index contributed by atoms with van der Waals surface area (Å²) in [6, 6.07) is 5.18. The number of hydrogen-bond acceptors (Lipinski definition) is 3. The molecule has 0 radical (unpaired) electrons. The molecule has 2 heterocycles. The molecule has 13 heavy (non-hydrogen) atoms. The second-order valence-corrected chi connectivity index (χ2v) is 2.88. The molecule has 2 aromatic heterocycles. The maximum absolute atomic E-state index is 5.91. The van der Waals surface area contributed by atoms with Crippen molar-refractivity contribution in [3.63, 3.8) is 0 Å². The molecule has 0 saturated heterocycles. The molecule has 0 saturated carbocycles. The lowest BCUT2D eigenvalue weighted by Crippen LogP contribution is -2.03. The summed E-state index contributed by atoms with van der Waals surface area (Å²) in [5.41, 5.74) is 5.64. The molecular formula is C8H7ClN4. The molecule has 0 aliphatic rings. The van der Waals surface area contributed by atoms with Crippen LogP contribution in [-0.4, -0.2) is 14.8 Å². The third-order valence-electron chi connectivity index (χ3n) is 1.61. The van der Waals surface area contributed by atoms with Gasteiger partial charge < -0.3 is 5.73 Å². The Morgan fingerprint density at radius 2 is 2.15 bits per heavy atom. The highest BCUT2D eigenvalue weighted by molar-refractivity contribution is 6.32. The van der Waals surface area contributed by atoms with E-state index in [0.29, 0.717) is 16.7 Å². The van der Waals surface area contributed by atoms with Crippen LogP contribution in [0.3, 0.4) is 0 Å². The summed E-state index contributed by atoms with van der Waals surface area (Å²) in [6.07, 6.45) is 3.24. The van der Waals surface area contributed by atoms with E-state index in [4.69, 9.17) is 17.3 Å². The lowest BCUT2D eigenvalue weighted by atomic mass is 10.4. The zero-order valence-corrected chi connectivity index (χ0v) is 7.44. The summed E-state index contributed by atoms with van der Waals surface area (Å²) in [6.45, 7) is 0. The number of aromatic nitrogens is 3. The molecule has 0 unspecified atom stereocenters. The van der Waals surface area contributed by atoms with E-state index in [1.165, 1.54) is 4.68 Å². The van der Waals surface area contributed by atoms with Crippen LogP contribution in [0.25, 0.3) is 5.82 Å². The molecule has 4 nitrogen and oxygen atoms in total. The Bertz CT molecular complexity index is 424. The third-order valence-corrected chi connectivity index (χ3v) is 1.91. The van der Waals surface area contributed by atoms with Gasteiger partial charge in [-0.1, -0.05) is 11.6 Å². The fourth-order valence-electron chi connectivity index (χ4n) is 1.02. The molecule has 0 bridgehead atoms. The molecule has 0 spiro atoms. The van der Waals surface area contributed by atoms with Crippen LogP contribution in [0, 0.1) is 0 Å². The van der Waals surface area contributed by atoms with Crippen molar-refractivity contribution in [3.05, 3.63) is 35.6 Å². The molecule has 0 amide bonds. The molecule has 2 N–H and O–H groups in total. The molecule has 2 rings (SSSR count).